The summed E-state index contributed by atoms with van der Waals surface area (Å²) in [5.41, 5.74) is 1.36. The quantitative estimate of drug-likeness (QED) is 0.819. The fourth-order valence-electron chi connectivity index (χ4n) is 1.23. The summed E-state index contributed by atoms with van der Waals surface area (Å²) < 4.78 is 0. The number of carbonyl (C=O) groups is 1. The number of carboxylic acids is 1. The van der Waals surface area contributed by atoms with Gasteiger partial charge < -0.3 is 5.11 Å². The molecule has 0 saturated heterocycles. The van der Waals surface area contributed by atoms with Gasteiger partial charge in [0.05, 0.1) is 11.3 Å². The number of thiophene rings is 1. The Bertz CT molecular complexity index is 496. The lowest BCUT2D eigenvalue weighted by atomic mass is 10.1. The van der Waals surface area contributed by atoms with Crippen molar-refractivity contribution in [2.75, 3.05) is 0 Å². The van der Waals surface area contributed by atoms with Crippen LogP contribution in [0.5, 0.6) is 0 Å². The maximum absolute atomic E-state index is 10.9. The summed E-state index contributed by atoms with van der Waals surface area (Å²) in [7, 11) is 0. The zero-order valence-corrected chi connectivity index (χ0v) is 9.05. The highest BCUT2D eigenvalue weighted by Crippen LogP contribution is 2.25. The third kappa shape index (κ3) is 2.00. The van der Waals surface area contributed by atoms with Crippen molar-refractivity contribution in [1.29, 1.82) is 0 Å². The van der Waals surface area contributed by atoms with Crippen LogP contribution in [0.25, 0.3) is 11.3 Å². The molecule has 0 spiro atoms. The van der Waals surface area contributed by atoms with E-state index >= 15 is 0 Å². The van der Waals surface area contributed by atoms with E-state index < -0.39 is 5.97 Å². The molecule has 1 N–H and O–H groups in total. The third-order valence-electron chi connectivity index (χ3n) is 1.89. The predicted octanol–water partition coefficient (Wildman–Crippen LogP) is 3.16. The van der Waals surface area contributed by atoms with Gasteiger partial charge in [0.25, 0.3) is 0 Å². The van der Waals surface area contributed by atoms with E-state index in [1.807, 2.05) is 16.8 Å². The molecule has 15 heavy (non-hydrogen) atoms. The smallest absolute Gasteiger partial charge is 0.337 e. The number of carboxylic acid groups (broad SMARTS) is 1. The van der Waals surface area contributed by atoms with E-state index in [4.69, 9.17) is 16.7 Å². The van der Waals surface area contributed by atoms with Crippen molar-refractivity contribution >= 4 is 28.9 Å². The second-order valence-electron chi connectivity index (χ2n) is 2.85. The van der Waals surface area contributed by atoms with Crippen LogP contribution in [-0.2, 0) is 0 Å². The number of aromatic carboxylic acids is 1. The molecule has 0 fully saturated rings. The van der Waals surface area contributed by atoms with Gasteiger partial charge in [-0.1, -0.05) is 11.6 Å². The molecule has 0 aliphatic carbocycles. The Balaban J connectivity index is 2.63. The minimum atomic E-state index is -1.000. The lowest BCUT2D eigenvalue weighted by Gasteiger charge is -2.02. The van der Waals surface area contributed by atoms with Crippen molar-refractivity contribution < 1.29 is 9.90 Å². The largest absolute Gasteiger partial charge is 0.478 e. The van der Waals surface area contributed by atoms with Crippen molar-refractivity contribution in [1.82, 2.24) is 4.98 Å². The molecule has 0 unspecified atom stereocenters. The van der Waals surface area contributed by atoms with Gasteiger partial charge >= 0.3 is 5.97 Å². The number of nitrogens with zero attached hydrogens (tertiary/aromatic N) is 1. The lowest BCUT2D eigenvalue weighted by molar-refractivity contribution is 0.0697. The summed E-state index contributed by atoms with van der Waals surface area (Å²) in [4.78, 5) is 15.0. The Morgan fingerprint density at radius 3 is 2.80 bits per heavy atom. The summed E-state index contributed by atoms with van der Waals surface area (Å²) >= 11 is 7.22. The molecule has 0 aliphatic rings. The molecule has 2 rings (SSSR count). The maximum Gasteiger partial charge on any atom is 0.337 e. The minimum Gasteiger partial charge on any atom is -0.478 e. The third-order valence-corrected chi connectivity index (χ3v) is 2.78. The molecule has 76 valence electrons. The highest BCUT2D eigenvalue weighted by Gasteiger charge is 2.13. The molecule has 2 heterocycles. The number of hydrogen-bond acceptors (Lipinski definition) is 3. The van der Waals surface area contributed by atoms with Crippen LogP contribution in [0, 0.1) is 0 Å². The second-order valence-corrected chi connectivity index (χ2v) is 4.01. The van der Waals surface area contributed by atoms with Gasteiger partial charge in [-0.25, -0.2) is 9.78 Å². The highest BCUT2D eigenvalue weighted by atomic mass is 35.5. The fraction of sp³-hybridized carbons (Fsp3) is 0. The number of halogens is 1. The maximum atomic E-state index is 10.9. The van der Waals surface area contributed by atoms with E-state index in [-0.39, 0.29) is 5.56 Å². The molecule has 0 radical (unpaired) electrons. The molecule has 2 aromatic heterocycles. The predicted molar refractivity (Wildman–Crippen MR) is 59.5 cm³/mol. The Kier molecular flexibility index (Phi) is 2.70. The van der Waals surface area contributed by atoms with Crippen molar-refractivity contribution in [3.63, 3.8) is 0 Å². The van der Waals surface area contributed by atoms with Crippen molar-refractivity contribution in [2.45, 2.75) is 0 Å². The van der Waals surface area contributed by atoms with Crippen LogP contribution in [0.3, 0.4) is 0 Å². The Morgan fingerprint density at radius 1 is 1.40 bits per heavy atom. The van der Waals surface area contributed by atoms with Gasteiger partial charge in [-0.15, -0.1) is 0 Å². The first-order valence-electron chi connectivity index (χ1n) is 4.11. The zero-order chi connectivity index (χ0) is 10.8. The Hall–Kier alpha value is -1.39. The van der Waals surface area contributed by atoms with Gasteiger partial charge in [-0.3, -0.25) is 0 Å². The first kappa shape index (κ1) is 10.1. The summed E-state index contributed by atoms with van der Waals surface area (Å²) in [5.74, 6) is -1.000. The topological polar surface area (TPSA) is 50.2 Å². The Morgan fingerprint density at radius 2 is 2.20 bits per heavy atom. The van der Waals surface area contributed by atoms with Gasteiger partial charge in [-0.2, -0.15) is 11.3 Å². The van der Waals surface area contributed by atoms with Gasteiger partial charge in [-0.05, 0) is 23.6 Å². The summed E-state index contributed by atoms with van der Waals surface area (Å²) in [6.07, 6.45) is 0. The minimum absolute atomic E-state index is 0.165. The average Bonchev–Trinajstić information content (AvgIpc) is 2.69. The average molecular weight is 240 g/mol. The number of aromatic nitrogens is 1. The van der Waals surface area contributed by atoms with Crippen LogP contribution in [0.1, 0.15) is 10.4 Å². The van der Waals surface area contributed by atoms with Crippen LogP contribution in [0.2, 0.25) is 5.15 Å². The molecule has 0 saturated carbocycles. The van der Waals surface area contributed by atoms with Crippen molar-refractivity contribution in [3.8, 4) is 11.3 Å². The standard InChI is InChI=1S/C10H6ClNO2S/c11-8-2-1-7(10(13)14)9(12-8)6-3-4-15-5-6/h1-5H,(H,13,14). The molecule has 0 bridgehead atoms. The van der Waals surface area contributed by atoms with E-state index in [2.05, 4.69) is 4.98 Å². The summed E-state index contributed by atoms with van der Waals surface area (Å²) in [6, 6.07) is 4.75. The van der Waals surface area contributed by atoms with E-state index in [0.29, 0.717) is 10.8 Å². The van der Waals surface area contributed by atoms with Gasteiger partial charge in [0.1, 0.15) is 5.15 Å². The van der Waals surface area contributed by atoms with E-state index in [0.717, 1.165) is 5.56 Å². The molecular formula is C10H6ClNO2S. The van der Waals surface area contributed by atoms with E-state index in [1.54, 1.807) is 0 Å². The van der Waals surface area contributed by atoms with Crippen LogP contribution in [0.15, 0.2) is 29.0 Å². The van der Waals surface area contributed by atoms with Gasteiger partial charge in [0, 0.05) is 10.9 Å². The molecular weight excluding hydrogens is 234 g/mol. The first-order chi connectivity index (χ1) is 7.18. The molecule has 0 atom stereocenters. The lowest BCUT2D eigenvalue weighted by Crippen LogP contribution is -2.01. The van der Waals surface area contributed by atoms with Crippen LogP contribution in [0.4, 0.5) is 0 Å². The van der Waals surface area contributed by atoms with E-state index in [1.165, 1.54) is 23.5 Å². The van der Waals surface area contributed by atoms with Gasteiger partial charge in [0.2, 0.25) is 0 Å². The Labute approximate surface area is 95.0 Å². The zero-order valence-electron chi connectivity index (χ0n) is 7.48. The fourth-order valence-corrected chi connectivity index (χ4v) is 2.02. The summed E-state index contributed by atoms with van der Waals surface area (Å²) in [5, 5.41) is 13.0. The normalized spacial score (nSPS) is 10.2. The second kappa shape index (κ2) is 4.00. The van der Waals surface area contributed by atoms with Crippen LogP contribution >= 0.6 is 22.9 Å². The molecule has 2 aromatic rings. The molecule has 0 aromatic carbocycles. The number of rotatable bonds is 2. The number of pyridine rings is 1. The number of hydrogen-bond donors (Lipinski definition) is 1. The monoisotopic (exact) mass is 239 g/mol. The first-order valence-corrected chi connectivity index (χ1v) is 5.43. The summed E-state index contributed by atoms with van der Waals surface area (Å²) in [6.45, 7) is 0. The molecule has 0 amide bonds. The van der Waals surface area contributed by atoms with Crippen LogP contribution < -0.4 is 0 Å². The highest BCUT2D eigenvalue weighted by molar-refractivity contribution is 7.08. The van der Waals surface area contributed by atoms with E-state index in [9.17, 15) is 4.79 Å². The SMILES string of the molecule is O=C(O)c1ccc(Cl)nc1-c1ccsc1. The molecule has 0 aliphatic heterocycles. The molecule has 3 nitrogen and oxygen atoms in total. The van der Waals surface area contributed by atoms with Gasteiger partial charge in [0.15, 0.2) is 0 Å². The molecule has 5 heteroatoms. The van der Waals surface area contributed by atoms with Crippen LogP contribution in [-0.4, -0.2) is 16.1 Å². The van der Waals surface area contributed by atoms with Crippen molar-refractivity contribution in [2.24, 2.45) is 0 Å². The van der Waals surface area contributed by atoms with Crippen molar-refractivity contribution in [3.05, 3.63) is 39.7 Å².